The molecular formula is C17H22N4O4. The van der Waals surface area contributed by atoms with Crippen LogP contribution in [-0.4, -0.2) is 46.7 Å². The van der Waals surface area contributed by atoms with Gasteiger partial charge in [-0.3, -0.25) is 4.79 Å². The summed E-state index contributed by atoms with van der Waals surface area (Å²) in [7, 11) is 3.12. The molecule has 134 valence electrons. The first-order chi connectivity index (χ1) is 12.2. The van der Waals surface area contributed by atoms with E-state index in [1.54, 1.807) is 26.4 Å². The molecule has 1 aliphatic rings. The standard InChI is InChI=1S/C17H22N4O4/c1-23-11-15-19-16(20-25-15)13-6-4-3-5-9-21(13)17(22)12-7-8-14(24-2)18-10-12/h7-8,10,13H,3-6,9,11H2,1-2H3/t13-/m1/s1. The monoisotopic (exact) mass is 346 g/mol. The summed E-state index contributed by atoms with van der Waals surface area (Å²) in [5, 5.41) is 4.06. The molecule has 0 aromatic carbocycles. The highest BCUT2D eigenvalue weighted by Crippen LogP contribution is 2.30. The van der Waals surface area contributed by atoms with E-state index in [4.69, 9.17) is 14.0 Å². The molecule has 0 aliphatic carbocycles. The highest BCUT2D eigenvalue weighted by Gasteiger charge is 2.31. The van der Waals surface area contributed by atoms with Gasteiger partial charge in [-0.2, -0.15) is 4.98 Å². The highest BCUT2D eigenvalue weighted by atomic mass is 16.5. The molecule has 3 heterocycles. The maximum absolute atomic E-state index is 13.0. The molecule has 1 aliphatic heterocycles. The largest absolute Gasteiger partial charge is 0.481 e. The second-order valence-electron chi connectivity index (χ2n) is 5.93. The summed E-state index contributed by atoms with van der Waals surface area (Å²) < 4.78 is 15.3. The molecule has 1 saturated heterocycles. The smallest absolute Gasteiger partial charge is 0.256 e. The Balaban J connectivity index is 1.84. The summed E-state index contributed by atoms with van der Waals surface area (Å²) in [5.41, 5.74) is 0.522. The predicted octanol–water partition coefficient (Wildman–Crippen LogP) is 2.38. The van der Waals surface area contributed by atoms with Crippen molar-refractivity contribution in [2.75, 3.05) is 20.8 Å². The van der Waals surface area contributed by atoms with E-state index in [1.165, 1.54) is 6.20 Å². The molecule has 3 rings (SSSR count). The number of ether oxygens (including phenoxy) is 2. The Kier molecular flexibility index (Phi) is 5.60. The molecule has 0 saturated carbocycles. The lowest BCUT2D eigenvalue weighted by Crippen LogP contribution is -2.35. The van der Waals surface area contributed by atoms with Crippen LogP contribution in [0.5, 0.6) is 5.88 Å². The first-order valence-corrected chi connectivity index (χ1v) is 8.35. The zero-order chi connectivity index (χ0) is 17.6. The summed E-state index contributed by atoms with van der Waals surface area (Å²) in [5.74, 6) is 1.34. The molecule has 0 spiro atoms. The van der Waals surface area contributed by atoms with Crippen LogP contribution in [0.4, 0.5) is 0 Å². The molecule has 0 unspecified atom stereocenters. The fourth-order valence-corrected chi connectivity index (χ4v) is 3.00. The number of pyridine rings is 1. The highest BCUT2D eigenvalue weighted by molar-refractivity contribution is 5.94. The minimum absolute atomic E-state index is 0.0832. The first-order valence-electron chi connectivity index (χ1n) is 8.35. The number of carbonyl (C=O) groups excluding carboxylic acids is 1. The number of hydrogen-bond donors (Lipinski definition) is 0. The maximum atomic E-state index is 13.0. The SMILES string of the molecule is COCc1nc([C@H]2CCCCCN2C(=O)c2ccc(OC)nc2)no1. The van der Waals surface area contributed by atoms with Gasteiger partial charge in [0.1, 0.15) is 6.61 Å². The number of likely N-dealkylation sites (tertiary alicyclic amines) is 1. The third kappa shape index (κ3) is 3.96. The molecule has 2 aromatic rings. The maximum Gasteiger partial charge on any atom is 0.256 e. The van der Waals surface area contributed by atoms with E-state index in [9.17, 15) is 4.79 Å². The number of carbonyl (C=O) groups is 1. The molecule has 1 amide bonds. The van der Waals surface area contributed by atoms with Crippen LogP contribution in [-0.2, 0) is 11.3 Å². The van der Waals surface area contributed by atoms with Gasteiger partial charge in [-0.05, 0) is 18.9 Å². The minimum Gasteiger partial charge on any atom is -0.481 e. The van der Waals surface area contributed by atoms with Crippen molar-refractivity contribution in [3.8, 4) is 5.88 Å². The second kappa shape index (κ2) is 8.06. The third-order valence-corrected chi connectivity index (χ3v) is 4.26. The third-order valence-electron chi connectivity index (χ3n) is 4.26. The summed E-state index contributed by atoms with van der Waals surface area (Å²) in [4.78, 5) is 23.3. The van der Waals surface area contributed by atoms with E-state index in [0.717, 1.165) is 25.7 Å². The minimum atomic E-state index is -0.202. The van der Waals surface area contributed by atoms with Crippen molar-refractivity contribution < 1.29 is 18.8 Å². The molecule has 1 fully saturated rings. The van der Waals surface area contributed by atoms with Gasteiger partial charge in [0.15, 0.2) is 5.82 Å². The second-order valence-corrected chi connectivity index (χ2v) is 5.93. The number of aromatic nitrogens is 3. The van der Waals surface area contributed by atoms with Gasteiger partial charge in [0.05, 0.1) is 18.7 Å². The van der Waals surface area contributed by atoms with Gasteiger partial charge in [-0.1, -0.05) is 18.0 Å². The van der Waals surface area contributed by atoms with Crippen molar-refractivity contribution in [3.05, 3.63) is 35.6 Å². The predicted molar refractivity (Wildman–Crippen MR) is 88.0 cm³/mol. The molecule has 8 heteroatoms. The number of nitrogens with zero attached hydrogens (tertiary/aromatic N) is 4. The van der Waals surface area contributed by atoms with Gasteiger partial charge < -0.3 is 18.9 Å². The number of methoxy groups -OCH3 is 2. The number of hydrogen-bond acceptors (Lipinski definition) is 7. The molecule has 1 atom stereocenters. The van der Waals surface area contributed by atoms with Gasteiger partial charge in [-0.25, -0.2) is 4.98 Å². The lowest BCUT2D eigenvalue weighted by molar-refractivity contribution is 0.0670. The van der Waals surface area contributed by atoms with Gasteiger partial charge in [0.25, 0.3) is 11.8 Å². The van der Waals surface area contributed by atoms with Crippen molar-refractivity contribution in [3.63, 3.8) is 0 Å². The number of amides is 1. The normalized spacial score (nSPS) is 18.0. The van der Waals surface area contributed by atoms with Gasteiger partial charge in [0.2, 0.25) is 5.88 Å². The van der Waals surface area contributed by atoms with Gasteiger partial charge >= 0.3 is 0 Å². The summed E-state index contributed by atoms with van der Waals surface area (Å²) in [6.45, 7) is 0.916. The zero-order valence-corrected chi connectivity index (χ0v) is 14.5. The Morgan fingerprint density at radius 3 is 2.92 bits per heavy atom. The molecule has 0 radical (unpaired) electrons. The Bertz CT molecular complexity index is 701. The van der Waals surface area contributed by atoms with E-state index in [-0.39, 0.29) is 18.6 Å². The molecule has 0 N–H and O–H groups in total. The molecule has 2 aromatic heterocycles. The van der Waals surface area contributed by atoms with Crippen molar-refractivity contribution in [2.24, 2.45) is 0 Å². The van der Waals surface area contributed by atoms with Crippen LogP contribution >= 0.6 is 0 Å². The van der Waals surface area contributed by atoms with Crippen LogP contribution in [0, 0.1) is 0 Å². The zero-order valence-electron chi connectivity index (χ0n) is 14.5. The van der Waals surface area contributed by atoms with Crippen LogP contribution in [0.3, 0.4) is 0 Å². The van der Waals surface area contributed by atoms with Crippen LogP contribution in [0.15, 0.2) is 22.9 Å². The van der Waals surface area contributed by atoms with E-state index in [2.05, 4.69) is 15.1 Å². The summed E-state index contributed by atoms with van der Waals surface area (Å²) in [6.07, 6.45) is 5.39. The Morgan fingerprint density at radius 2 is 2.20 bits per heavy atom. The van der Waals surface area contributed by atoms with Crippen molar-refractivity contribution in [2.45, 2.75) is 38.3 Å². The summed E-state index contributed by atoms with van der Waals surface area (Å²) >= 11 is 0. The number of rotatable bonds is 5. The molecular weight excluding hydrogens is 324 g/mol. The van der Waals surface area contributed by atoms with Crippen molar-refractivity contribution in [1.29, 1.82) is 0 Å². The average molecular weight is 346 g/mol. The van der Waals surface area contributed by atoms with Crippen LogP contribution in [0.2, 0.25) is 0 Å². The quantitative estimate of drug-likeness (QED) is 0.821. The van der Waals surface area contributed by atoms with Gasteiger partial charge in [0, 0.05) is 25.9 Å². The van der Waals surface area contributed by atoms with Crippen molar-refractivity contribution >= 4 is 5.91 Å². The van der Waals surface area contributed by atoms with E-state index in [1.807, 2.05) is 4.90 Å². The fraction of sp³-hybridized carbons (Fsp3) is 0.529. The van der Waals surface area contributed by atoms with Crippen molar-refractivity contribution in [1.82, 2.24) is 20.0 Å². The van der Waals surface area contributed by atoms with Crippen LogP contribution in [0.1, 0.15) is 53.8 Å². The Hall–Kier alpha value is -2.48. The molecule has 25 heavy (non-hydrogen) atoms. The van der Waals surface area contributed by atoms with E-state index < -0.39 is 0 Å². The fourth-order valence-electron chi connectivity index (χ4n) is 3.00. The molecule has 0 bridgehead atoms. The average Bonchev–Trinajstić information content (AvgIpc) is 2.97. The van der Waals surface area contributed by atoms with Crippen LogP contribution < -0.4 is 4.74 Å². The topological polar surface area (TPSA) is 90.6 Å². The molecule has 8 nitrogen and oxygen atoms in total. The summed E-state index contributed by atoms with van der Waals surface area (Å²) in [6, 6.07) is 3.21. The lowest BCUT2D eigenvalue weighted by atomic mass is 10.1. The lowest BCUT2D eigenvalue weighted by Gasteiger charge is -2.27. The Morgan fingerprint density at radius 1 is 1.32 bits per heavy atom. The van der Waals surface area contributed by atoms with E-state index in [0.29, 0.717) is 29.7 Å². The van der Waals surface area contributed by atoms with Gasteiger partial charge in [-0.15, -0.1) is 0 Å². The van der Waals surface area contributed by atoms with E-state index >= 15 is 0 Å². The Labute approximate surface area is 146 Å². The first kappa shape index (κ1) is 17.3. The van der Waals surface area contributed by atoms with Crippen LogP contribution in [0.25, 0.3) is 0 Å².